The lowest BCUT2D eigenvalue weighted by molar-refractivity contribution is -0.117. The number of aromatic amines is 1. The molecule has 0 spiro atoms. The second-order valence-corrected chi connectivity index (χ2v) is 6.81. The number of aromatic nitrogens is 3. The predicted octanol–water partition coefficient (Wildman–Crippen LogP) is 3.32. The van der Waals surface area contributed by atoms with Gasteiger partial charge in [-0.15, -0.1) is 0 Å². The van der Waals surface area contributed by atoms with Crippen LogP contribution < -0.4 is 5.32 Å². The van der Waals surface area contributed by atoms with E-state index in [2.05, 4.69) is 21.4 Å². The highest BCUT2D eigenvalue weighted by Crippen LogP contribution is 2.31. The molecule has 0 atom stereocenters. The van der Waals surface area contributed by atoms with Crippen LogP contribution in [0.3, 0.4) is 0 Å². The standard InChI is InChI=1S/C20H18N4O2/c25-11-15-8-17-13(5-6-21-17)7-16(15)14-3-4-19-22-18(10-24(19)9-14)23-20(26)12-1-2-12/h3-10,12,21,25H,1-2,11H2,(H,23,26). The number of hydrogen-bond donors (Lipinski definition) is 3. The third-order valence-electron chi connectivity index (χ3n) is 4.91. The minimum absolute atomic E-state index is 0.0328. The van der Waals surface area contributed by atoms with E-state index >= 15 is 0 Å². The molecule has 3 aromatic heterocycles. The molecule has 1 aliphatic rings. The van der Waals surface area contributed by atoms with E-state index in [-0.39, 0.29) is 18.4 Å². The highest BCUT2D eigenvalue weighted by molar-refractivity contribution is 5.93. The van der Waals surface area contributed by atoms with Crippen LogP contribution in [0.15, 0.2) is 48.9 Å². The largest absolute Gasteiger partial charge is 0.392 e. The first-order valence-corrected chi connectivity index (χ1v) is 8.72. The van der Waals surface area contributed by atoms with Gasteiger partial charge >= 0.3 is 0 Å². The summed E-state index contributed by atoms with van der Waals surface area (Å²) in [5.74, 6) is 0.771. The van der Waals surface area contributed by atoms with Crippen molar-refractivity contribution in [2.75, 3.05) is 5.32 Å². The number of rotatable bonds is 4. The van der Waals surface area contributed by atoms with Crippen molar-refractivity contribution in [3.8, 4) is 11.1 Å². The highest BCUT2D eigenvalue weighted by Gasteiger charge is 2.30. The number of aliphatic hydroxyl groups is 1. The van der Waals surface area contributed by atoms with Gasteiger partial charge in [0.25, 0.3) is 0 Å². The Hall–Kier alpha value is -3.12. The summed E-state index contributed by atoms with van der Waals surface area (Å²) in [6.07, 6.45) is 7.63. The fourth-order valence-electron chi connectivity index (χ4n) is 3.33. The number of amides is 1. The number of carbonyl (C=O) groups is 1. The van der Waals surface area contributed by atoms with Crippen molar-refractivity contribution in [1.29, 1.82) is 0 Å². The van der Waals surface area contributed by atoms with Crippen LogP contribution in [-0.4, -0.2) is 25.4 Å². The van der Waals surface area contributed by atoms with E-state index in [0.29, 0.717) is 5.82 Å². The van der Waals surface area contributed by atoms with Crippen molar-refractivity contribution in [3.63, 3.8) is 0 Å². The van der Waals surface area contributed by atoms with Crippen LogP contribution in [0.1, 0.15) is 18.4 Å². The lowest BCUT2D eigenvalue weighted by Gasteiger charge is -2.09. The Labute approximate surface area is 149 Å². The lowest BCUT2D eigenvalue weighted by Crippen LogP contribution is -2.13. The number of benzene rings is 1. The molecule has 26 heavy (non-hydrogen) atoms. The van der Waals surface area contributed by atoms with Crippen molar-refractivity contribution >= 4 is 28.3 Å². The van der Waals surface area contributed by atoms with E-state index < -0.39 is 0 Å². The molecule has 6 heteroatoms. The van der Waals surface area contributed by atoms with E-state index in [1.165, 1.54) is 0 Å². The SMILES string of the molecule is O=C(Nc1cn2cc(-c3cc4cc[nH]c4cc3CO)ccc2n1)C1CC1. The zero-order chi connectivity index (χ0) is 17.7. The van der Waals surface area contributed by atoms with Gasteiger partial charge in [-0.1, -0.05) is 0 Å². The molecule has 3 N–H and O–H groups in total. The molecule has 6 nitrogen and oxygen atoms in total. The molecule has 5 rings (SSSR count). The summed E-state index contributed by atoms with van der Waals surface area (Å²) in [5.41, 5.74) is 4.61. The summed E-state index contributed by atoms with van der Waals surface area (Å²) >= 11 is 0. The molecule has 1 amide bonds. The monoisotopic (exact) mass is 346 g/mol. The number of nitrogens with one attached hydrogen (secondary N) is 2. The average Bonchev–Trinajstić information content (AvgIpc) is 3.28. The molecule has 1 aromatic carbocycles. The average molecular weight is 346 g/mol. The fraction of sp³-hybridized carbons (Fsp3) is 0.200. The molecule has 1 aliphatic carbocycles. The fourth-order valence-corrected chi connectivity index (χ4v) is 3.33. The first-order chi connectivity index (χ1) is 12.7. The number of nitrogens with zero attached hydrogens (tertiary/aromatic N) is 2. The van der Waals surface area contributed by atoms with Gasteiger partial charge < -0.3 is 19.8 Å². The molecule has 4 aromatic rings. The van der Waals surface area contributed by atoms with Crippen LogP contribution >= 0.6 is 0 Å². The summed E-state index contributed by atoms with van der Waals surface area (Å²) in [5, 5.41) is 13.7. The third kappa shape index (κ3) is 2.55. The van der Waals surface area contributed by atoms with Crippen molar-refractivity contribution < 1.29 is 9.90 Å². The van der Waals surface area contributed by atoms with Gasteiger partial charge in [0.05, 0.1) is 12.8 Å². The molecular formula is C20H18N4O2. The molecule has 0 aliphatic heterocycles. The van der Waals surface area contributed by atoms with Crippen LogP contribution in [0, 0.1) is 5.92 Å². The summed E-state index contributed by atoms with van der Waals surface area (Å²) in [4.78, 5) is 19.6. The molecular weight excluding hydrogens is 328 g/mol. The van der Waals surface area contributed by atoms with Crippen molar-refractivity contribution in [1.82, 2.24) is 14.4 Å². The summed E-state index contributed by atoms with van der Waals surface area (Å²) < 4.78 is 1.90. The first kappa shape index (κ1) is 15.2. The van der Waals surface area contributed by atoms with E-state index in [9.17, 15) is 9.90 Å². The second kappa shape index (κ2) is 5.71. The van der Waals surface area contributed by atoms with Gasteiger partial charge in [-0.3, -0.25) is 4.79 Å². The predicted molar refractivity (Wildman–Crippen MR) is 99.8 cm³/mol. The molecule has 3 heterocycles. The van der Waals surface area contributed by atoms with Crippen molar-refractivity contribution in [3.05, 3.63) is 54.5 Å². The minimum atomic E-state index is -0.0328. The second-order valence-electron chi connectivity index (χ2n) is 6.81. The topological polar surface area (TPSA) is 82.4 Å². The van der Waals surface area contributed by atoms with Crippen LogP contribution in [0.4, 0.5) is 5.82 Å². The Kier molecular flexibility index (Phi) is 3.33. The lowest BCUT2D eigenvalue weighted by atomic mass is 9.99. The van der Waals surface area contributed by atoms with Gasteiger partial charge in [0.2, 0.25) is 5.91 Å². The zero-order valence-corrected chi connectivity index (χ0v) is 14.1. The number of pyridine rings is 1. The number of fused-ring (bicyclic) bond motifs is 2. The van der Waals surface area contributed by atoms with Crippen LogP contribution in [0.5, 0.6) is 0 Å². The number of H-pyrrole nitrogens is 1. The number of carbonyl (C=O) groups excluding carboxylic acids is 1. The van der Waals surface area contributed by atoms with Gasteiger partial charge in [-0.25, -0.2) is 4.98 Å². The quantitative estimate of drug-likeness (QED) is 0.530. The molecule has 0 saturated heterocycles. The maximum atomic E-state index is 11.9. The normalized spacial score (nSPS) is 14.2. The Morgan fingerprint density at radius 2 is 2.15 bits per heavy atom. The Balaban J connectivity index is 1.55. The Morgan fingerprint density at radius 3 is 2.96 bits per heavy atom. The van der Waals surface area contributed by atoms with E-state index in [1.807, 2.05) is 47.3 Å². The van der Waals surface area contributed by atoms with E-state index in [4.69, 9.17) is 0 Å². The number of anilines is 1. The molecule has 1 fully saturated rings. The zero-order valence-electron chi connectivity index (χ0n) is 14.1. The van der Waals surface area contributed by atoms with Gasteiger partial charge in [0.1, 0.15) is 5.65 Å². The third-order valence-corrected chi connectivity index (χ3v) is 4.91. The van der Waals surface area contributed by atoms with Gasteiger partial charge in [0.15, 0.2) is 5.82 Å². The van der Waals surface area contributed by atoms with Crippen LogP contribution in [0.25, 0.3) is 27.7 Å². The number of aliphatic hydroxyl groups excluding tert-OH is 1. The van der Waals surface area contributed by atoms with Crippen molar-refractivity contribution in [2.45, 2.75) is 19.4 Å². The molecule has 0 radical (unpaired) electrons. The first-order valence-electron chi connectivity index (χ1n) is 8.72. The smallest absolute Gasteiger partial charge is 0.228 e. The number of imidazole rings is 1. The highest BCUT2D eigenvalue weighted by atomic mass is 16.3. The molecule has 0 bridgehead atoms. The maximum absolute atomic E-state index is 11.9. The van der Waals surface area contributed by atoms with Gasteiger partial charge in [0, 0.05) is 23.8 Å². The van der Waals surface area contributed by atoms with Crippen molar-refractivity contribution in [2.24, 2.45) is 5.92 Å². The number of hydrogen-bond acceptors (Lipinski definition) is 3. The Morgan fingerprint density at radius 1 is 1.27 bits per heavy atom. The summed E-state index contributed by atoms with van der Waals surface area (Å²) in [6.45, 7) is -0.0328. The van der Waals surface area contributed by atoms with Crippen LogP contribution in [-0.2, 0) is 11.4 Å². The summed E-state index contributed by atoms with van der Waals surface area (Å²) in [7, 11) is 0. The van der Waals surface area contributed by atoms with E-state index in [0.717, 1.165) is 46.1 Å². The van der Waals surface area contributed by atoms with E-state index in [1.54, 1.807) is 0 Å². The van der Waals surface area contributed by atoms with Crippen LogP contribution in [0.2, 0.25) is 0 Å². The Bertz CT molecular complexity index is 1140. The van der Waals surface area contributed by atoms with Gasteiger partial charge in [-0.2, -0.15) is 0 Å². The molecule has 130 valence electrons. The maximum Gasteiger partial charge on any atom is 0.228 e. The summed E-state index contributed by atoms with van der Waals surface area (Å²) in [6, 6.07) is 9.98. The van der Waals surface area contributed by atoms with Gasteiger partial charge in [-0.05, 0) is 65.3 Å². The molecule has 0 unspecified atom stereocenters. The minimum Gasteiger partial charge on any atom is -0.392 e. The molecule has 1 saturated carbocycles.